The Morgan fingerprint density at radius 3 is 2.54 bits per heavy atom. The molecule has 134 valence electrons. The number of nitrogens with two attached hydrogens (primary N) is 1. The van der Waals surface area contributed by atoms with Crippen molar-refractivity contribution in [3.63, 3.8) is 0 Å². The number of para-hydroxylation sites is 1. The second kappa shape index (κ2) is 10.4. The van der Waals surface area contributed by atoms with Crippen LogP contribution in [0.5, 0.6) is 5.75 Å². The lowest BCUT2D eigenvalue weighted by Crippen LogP contribution is -2.34. The predicted molar refractivity (Wildman–Crippen MR) is 95.8 cm³/mol. The molecule has 0 spiro atoms. The maximum absolute atomic E-state index is 11.6. The molecule has 7 nitrogen and oxygen atoms in total. The molecule has 0 atom stereocenters. The van der Waals surface area contributed by atoms with E-state index in [1.807, 2.05) is 35.8 Å². The lowest BCUT2D eigenvalue weighted by molar-refractivity contribution is -0.123. The van der Waals surface area contributed by atoms with Crippen LogP contribution in [0, 0.1) is 11.8 Å². The molecule has 0 fully saturated rings. The molecule has 0 bridgehead atoms. The highest BCUT2D eigenvalue weighted by molar-refractivity contribution is 5.76. The second-order valence-corrected chi connectivity index (χ2v) is 5.07. The van der Waals surface area contributed by atoms with E-state index in [1.165, 1.54) is 0 Å². The topological polar surface area (TPSA) is 103 Å². The van der Waals surface area contributed by atoms with Crippen LogP contribution in [-0.4, -0.2) is 25.2 Å². The summed E-state index contributed by atoms with van der Waals surface area (Å²) < 4.78 is 10.4. The third kappa shape index (κ3) is 6.55. The zero-order chi connectivity index (χ0) is 18.6. The minimum Gasteiger partial charge on any atom is -0.482 e. The van der Waals surface area contributed by atoms with Gasteiger partial charge in [0.2, 0.25) is 0 Å². The van der Waals surface area contributed by atoms with Gasteiger partial charge in [-0.1, -0.05) is 54.3 Å². The van der Waals surface area contributed by atoms with Crippen LogP contribution in [-0.2, 0) is 16.1 Å². The first kappa shape index (κ1) is 18.8. The van der Waals surface area contributed by atoms with Crippen LogP contribution in [0.1, 0.15) is 11.1 Å². The third-order valence-electron chi connectivity index (χ3n) is 3.16. The van der Waals surface area contributed by atoms with Gasteiger partial charge in [-0.05, 0) is 17.7 Å². The number of amides is 2. The molecule has 2 rings (SSSR count). The van der Waals surface area contributed by atoms with E-state index in [1.54, 1.807) is 24.3 Å². The zero-order valence-corrected chi connectivity index (χ0v) is 14.0. The van der Waals surface area contributed by atoms with Crippen LogP contribution in [0.3, 0.4) is 0 Å². The second-order valence-electron chi connectivity index (χ2n) is 5.07. The first-order valence-electron chi connectivity index (χ1n) is 7.83. The van der Waals surface area contributed by atoms with Crippen molar-refractivity contribution in [3.05, 3.63) is 65.7 Å². The number of hydrogen-bond donors (Lipinski definition) is 3. The Kier molecular flexibility index (Phi) is 7.52. The molecule has 0 saturated heterocycles. The normalized spacial score (nSPS) is 9.42. The monoisotopic (exact) mass is 353 g/mol. The molecule has 0 aromatic heterocycles. The summed E-state index contributed by atoms with van der Waals surface area (Å²) in [7, 11) is 0. The largest absolute Gasteiger partial charge is 0.482 e. The van der Waals surface area contributed by atoms with Crippen LogP contribution in [0.4, 0.5) is 4.79 Å². The first-order valence-corrected chi connectivity index (χ1v) is 7.83. The van der Waals surface area contributed by atoms with Crippen LogP contribution in [0.25, 0.3) is 0 Å². The molecule has 0 aliphatic carbocycles. The van der Waals surface area contributed by atoms with E-state index in [4.69, 9.17) is 15.3 Å². The van der Waals surface area contributed by atoms with Gasteiger partial charge in [-0.25, -0.2) is 10.6 Å². The van der Waals surface area contributed by atoms with Gasteiger partial charge in [-0.3, -0.25) is 10.2 Å². The minimum absolute atomic E-state index is 0.116. The Hall–Kier alpha value is -3.50. The minimum atomic E-state index is -0.549. The lowest BCUT2D eigenvalue weighted by Gasteiger charge is -2.07. The van der Waals surface area contributed by atoms with Gasteiger partial charge in [-0.15, -0.1) is 0 Å². The number of ether oxygens (including phenoxy) is 2. The Labute approximate surface area is 151 Å². The lowest BCUT2D eigenvalue weighted by atomic mass is 10.2. The van der Waals surface area contributed by atoms with Crippen LogP contribution in [0.15, 0.2) is 54.6 Å². The molecule has 26 heavy (non-hydrogen) atoms. The molecule has 0 aliphatic rings. The number of hydrazine groups is 1. The Balaban J connectivity index is 1.80. The molecule has 2 amide bonds. The van der Waals surface area contributed by atoms with Crippen molar-refractivity contribution in [1.29, 1.82) is 0 Å². The summed E-state index contributed by atoms with van der Waals surface area (Å²) in [4.78, 5) is 22.8. The number of rotatable bonds is 6. The van der Waals surface area contributed by atoms with Crippen molar-refractivity contribution >= 4 is 12.0 Å². The highest BCUT2D eigenvalue weighted by Gasteiger charge is 2.04. The molecule has 0 heterocycles. The first-order chi connectivity index (χ1) is 12.7. The predicted octanol–water partition coefficient (Wildman–Crippen LogP) is 1.33. The van der Waals surface area contributed by atoms with Gasteiger partial charge in [0, 0.05) is 0 Å². The van der Waals surface area contributed by atoms with Gasteiger partial charge < -0.3 is 14.8 Å². The summed E-state index contributed by atoms with van der Waals surface area (Å²) >= 11 is 0. The maximum atomic E-state index is 11.6. The summed E-state index contributed by atoms with van der Waals surface area (Å²) in [5, 5.41) is 2.55. The number of hydrogen-bond acceptors (Lipinski definition) is 5. The third-order valence-corrected chi connectivity index (χ3v) is 3.16. The van der Waals surface area contributed by atoms with E-state index in [0.29, 0.717) is 11.3 Å². The fourth-order valence-corrected chi connectivity index (χ4v) is 1.91. The summed E-state index contributed by atoms with van der Waals surface area (Å²) in [6.45, 7) is 0.102. The van der Waals surface area contributed by atoms with E-state index < -0.39 is 12.0 Å². The number of alkyl carbamates (subject to hydrolysis) is 1. The fraction of sp³-hybridized carbons (Fsp3) is 0.158. The summed E-state index contributed by atoms with van der Waals surface area (Å²) in [6.07, 6.45) is -0.549. The molecule has 4 N–H and O–H groups in total. The van der Waals surface area contributed by atoms with E-state index in [-0.39, 0.29) is 19.8 Å². The molecule has 0 radical (unpaired) electrons. The number of carbonyl (C=O) groups excluding carboxylic acids is 2. The number of carbonyl (C=O) groups is 2. The molecule has 0 unspecified atom stereocenters. The van der Waals surface area contributed by atoms with Crippen molar-refractivity contribution < 1.29 is 19.1 Å². The molecule has 2 aromatic carbocycles. The van der Waals surface area contributed by atoms with Crippen LogP contribution in [0.2, 0.25) is 0 Å². The SMILES string of the molecule is NNC(=O)COc1ccccc1C#CCNC(=O)OCc1ccccc1. The van der Waals surface area contributed by atoms with Crippen LogP contribution < -0.4 is 21.3 Å². The summed E-state index contributed by atoms with van der Waals surface area (Å²) in [6, 6.07) is 16.4. The van der Waals surface area contributed by atoms with Gasteiger partial charge in [-0.2, -0.15) is 0 Å². The zero-order valence-electron chi connectivity index (χ0n) is 14.0. The van der Waals surface area contributed by atoms with E-state index >= 15 is 0 Å². The Bertz CT molecular complexity index is 797. The number of benzene rings is 2. The van der Waals surface area contributed by atoms with Gasteiger partial charge in [0.15, 0.2) is 6.61 Å². The highest BCUT2D eigenvalue weighted by atomic mass is 16.5. The van der Waals surface area contributed by atoms with E-state index in [0.717, 1.165) is 5.56 Å². The van der Waals surface area contributed by atoms with Crippen molar-refractivity contribution in [2.24, 2.45) is 5.84 Å². The van der Waals surface area contributed by atoms with Gasteiger partial charge in [0.25, 0.3) is 5.91 Å². The van der Waals surface area contributed by atoms with Crippen LogP contribution >= 0.6 is 0 Å². The van der Waals surface area contributed by atoms with E-state index in [2.05, 4.69) is 17.2 Å². The van der Waals surface area contributed by atoms with Crippen molar-refractivity contribution in [2.45, 2.75) is 6.61 Å². The average molecular weight is 353 g/mol. The smallest absolute Gasteiger partial charge is 0.408 e. The van der Waals surface area contributed by atoms with Gasteiger partial charge in [0.05, 0.1) is 12.1 Å². The molecular weight excluding hydrogens is 334 g/mol. The molecule has 2 aromatic rings. The molecule has 7 heteroatoms. The standard InChI is InChI=1S/C19H19N3O4/c20-22-18(23)14-25-17-11-5-4-9-16(17)10-6-12-21-19(24)26-13-15-7-2-1-3-8-15/h1-5,7-9,11H,12-14,20H2,(H,21,24)(H,22,23). The highest BCUT2D eigenvalue weighted by Crippen LogP contribution is 2.16. The van der Waals surface area contributed by atoms with Crippen molar-refractivity contribution in [3.8, 4) is 17.6 Å². The number of nitrogens with one attached hydrogen (secondary N) is 2. The fourth-order valence-electron chi connectivity index (χ4n) is 1.91. The Morgan fingerprint density at radius 2 is 1.77 bits per heavy atom. The quantitative estimate of drug-likeness (QED) is 0.315. The summed E-state index contributed by atoms with van der Waals surface area (Å²) in [5.74, 6) is 10.7. The van der Waals surface area contributed by atoms with Gasteiger partial charge in [0.1, 0.15) is 12.4 Å². The molecule has 0 saturated carbocycles. The van der Waals surface area contributed by atoms with Crippen molar-refractivity contribution in [2.75, 3.05) is 13.2 Å². The van der Waals surface area contributed by atoms with Crippen molar-refractivity contribution in [1.82, 2.24) is 10.7 Å². The Morgan fingerprint density at radius 1 is 1.04 bits per heavy atom. The van der Waals surface area contributed by atoms with Gasteiger partial charge >= 0.3 is 6.09 Å². The molecule has 0 aliphatic heterocycles. The average Bonchev–Trinajstić information content (AvgIpc) is 2.69. The van der Waals surface area contributed by atoms with E-state index in [9.17, 15) is 9.59 Å². The maximum Gasteiger partial charge on any atom is 0.408 e. The summed E-state index contributed by atoms with van der Waals surface area (Å²) in [5.41, 5.74) is 3.48. The molecular formula is C19H19N3O4.